The first kappa shape index (κ1) is 16.8. The molecule has 3 heterocycles. The molecule has 0 aliphatic rings. The highest BCUT2D eigenvalue weighted by Crippen LogP contribution is 2.30. The van der Waals surface area contributed by atoms with Crippen LogP contribution >= 0.6 is 12.4 Å². The van der Waals surface area contributed by atoms with Gasteiger partial charge in [-0.3, -0.25) is 4.98 Å². The maximum Gasteiger partial charge on any atom is 0.231 e. The van der Waals surface area contributed by atoms with Gasteiger partial charge in [-0.25, -0.2) is 9.37 Å². The molecule has 0 fully saturated rings. The maximum atomic E-state index is 12.9. The van der Waals surface area contributed by atoms with Gasteiger partial charge in [-0.15, -0.1) is 12.4 Å². The fourth-order valence-electron chi connectivity index (χ4n) is 2.39. The highest BCUT2D eigenvalue weighted by Gasteiger charge is 2.17. The average molecular weight is 359 g/mol. The first-order valence-electron chi connectivity index (χ1n) is 7.21. The summed E-state index contributed by atoms with van der Waals surface area (Å²) in [6.07, 6.45) is 3.54. The number of benzene rings is 1. The predicted octanol–water partition coefficient (Wildman–Crippen LogP) is 3.54. The van der Waals surface area contributed by atoms with E-state index < -0.39 is 0 Å². The lowest BCUT2D eigenvalue weighted by Crippen LogP contribution is -1.91. The number of rotatable bonds is 3. The van der Waals surface area contributed by atoms with Crippen LogP contribution in [0.25, 0.3) is 22.4 Å². The number of halogens is 2. The Morgan fingerprint density at radius 3 is 2.68 bits per heavy atom. The molecular weight excluding hydrogens is 347 g/mol. The molecule has 0 aliphatic carbocycles. The summed E-state index contributed by atoms with van der Waals surface area (Å²) in [7, 11) is 0. The summed E-state index contributed by atoms with van der Waals surface area (Å²) in [5, 5.41) is 14.9. The van der Waals surface area contributed by atoms with Crippen LogP contribution in [0, 0.1) is 5.82 Å². The second-order valence-electron chi connectivity index (χ2n) is 5.21. The lowest BCUT2D eigenvalue weighted by molar-refractivity contribution is 0.385. The van der Waals surface area contributed by atoms with Gasteiger partial charge in [-0.2, -0.15) is 4.98 Å². The van der Waals surface area contributed by atoms with Crippen molar-refractivity contribution in [1.29, 1.82) is 0 Å². The van der Waals surface area contributed by atoms with E-state index in [9.17, 15) is 9.50 Å². The van der Waals surface area contributed by atoms with Crippen molar-refractivity contribution >= 4 is 23.3 Å². The molecule has 3 aromatic heterocycles. The van der Waals surface area contributed by atoms with Gasteiger partial charge >= 0.3 is 0 Å². The second kappa shape index (κ2) is 6.82. The van der Waals surface area contributed by atoms with Crippen LogP contribution in [0.15, 0.2) is 53.3 Å². The Morgan fingerprint density at radius 2 is 1.88 bits per heavy atom. The summed E-state index contributed by atoms with van der Waals surface area (Å²) in [6, 6.07) is 9.60. The fraction of sp³-hybridized carbons (Fsp3) is 0.0588. The first-order chi connectivity index (χ1) is 11.7. The van der Waals surface area contributed by atoms with Crippen molar-refractivity contribution in [3.05, 3.63) is 66.1 Å². The van der Waals surface area contributed by atoms with Crippen molar-refractivity contribution in [3.8, 4) is 17.3 Å². The van der Waals surface area contributed by atoms with Crippen LogP contribution in [-0.2, 0) is 6.42 Å². The van der Waals surface area contributed by atoms with Crippen molar-refractivity contribution in [2.24, 2.45) is 0 Å². The van der Waals surface area contributed by atoms with Gasteiger partial charge in [0.25, 0.3) is 0 Å². The molecule has 0 spiro atoms. The highest BCUT2D eigenvalue weighted by atomic mass is 35.5. The molecule has 0 aliphatic heterocycles. The van der Waals surface area contributed by atoms with E-state index in [1.165, 1.54) is 12.1 Å². The Balaban J connectivity index is 0.00000182. The van der Waals surface area contributed by atoms with Crippen molar-refractivity contribution in [2.45, 2.75) is 6.42 Å². The van der Waals surface area contributed by atoms with Crippen molar-refractivity contribution in [3.63, 3.8) is 0 Å². The Morgan fingerprint density at radius 1 is 1.08 bits per heavy atom. The number of fused-ring (bicyclic) bond motifs is 1. The van der Waals surface area contributed by atoms with Crippen LogP contribution in [0.4, 0.5) is 4.39 Å². The average Bonchev–Trinajstić information content (AvgIpc) is 3.06. The van der Waals surface area contributed by atoms with Crippen LogP contribution in [0.3, 0.4) is 0 Å². The van der Waals surface area contributed by atoms with E-state index >= 15 is 0 Å². The molecule has 126 valence electrons. The molecular formula is C17H12ClFN4O2. The number of aromatic hydroxyl groups is 1. The normalized spacial score (nSPS) is 10.6. The SMILES string of the molecule is Cl.Oc1c(-c2noc(Cc3ccc(F)cc3)n2)ncc2cccnc12. The Labute approximate surface area is 147 Å². The zero-order chi connectivity index (χ0) is 16.5. The van der Waals surface area contributed by atoms with Gasteiger partial charge in [0.15, 0.2) is 11.4 Å². The van der Waals surface area contributed by atoms with E-state index in [1.54, 1.807) is 36.7 Å². The van der Waals surface area contributed by atoms with E-state index in [4.69, 9.17) is 4.52 Å². The van der Waals surface area contributed by atoms with Crippen LogP contribution in [-0.4, -0.2) is 25.2 Å². The number of pyridine rings is 2. The Bertz CT molecular complexity index is 1020. The summed E-state index contributed by atoms with van der Waals surface area (Å²) >= 11 is 0. The molecule has 0 saturated heterocycles. The smallest absolute Gasteiger partial charge is 0.231 e. The minimum Gasteiger partial charge on any atom is -0.504 e. The van der Waals surface area contributed by atoms with Gasteiger partial charge in [-0.05, 0) is 29.8 Å². The molecule has 0 bridgehead atoms. The molecule has 0 atom stereocenters. The number of nitrogens with zero attached hydrogens (tertiary/aromatic N) is 4. The Kier molecular flexibility index (Phi) is 4.58. The van der Waals surface area contributed by atoms with Crippen molar-refractivity contribution < 1.29 is 14.0 Å². The van der Waals surface area contributed by atoms with Gasteiger partial charge in [0.2, 0.25) is 11.7 Å². The molecule has 4 rings (SSSR count). The monoisotopic (exact) mass is 358 g/mol. The summed E-state index contributed by atoms with van der Waals surface area (Å²) in [5.74, 6) is 0.126. The van der Waals surface area contributed by atoms with Crippen LogP contribution in [0.5, 0.6) is 5.75 Å². The molecule has 8 heteroatoms. The second-order valence-corrected chi connectivity index (χ2v) is 5.21. The summed E-state index contributed by atoms with van der Waals surface area (Å²) in [6.45, 7) is 0. The van der Waals surface area contributed by atoms with Gasteiger partial charge in [0.05, 0.1) is 6.42 Å². The van der Waals surface area contributed by atoms with E-state index in [0.29, 0.717) is 23.2 Å². The van der Waals surface area contributed by atoms with Crippen molar-refractivity contribution in [1.82, 2.24) is 20.1 Å². The lowest BCUT2D eigenvalue weighted by Gasteiger charge is -2.02. The van der Waals surface area contributed by atoms with Crippen LogP contribution in [0.2, 0.25) is 0 Å². The van der Waals surface area contributed by atoms with E-state index in [1.807, 2.05) is 0 Å². The number of hydrogen-bond donors (Lipinski definition) is 1. The van der Waals surface area contributed by atoms with E-state index in [2.05, 4.69) is 20.1 Å². The quantitative estimate of drug-likeness (QED) is 0.603. The molecule has 0 radical (unpaired) electrons. The summed E-state index contributed by atoms with van der Waals surface area (Å²) in [5.41, 5.74) is 1.46. The van der Waals surface area contributed by atoms with Gasteiger partial charge in [0, 0.05) is 17.8 Å². The van der Waals surface area contributed by atoms with Crippen LogP contribution < -0.4 is 0 Å². The van der Waals surface area contributed by atoms with Gasteiger partial charge in [0.1, 0.15) is 11.3 Å². The standard InChI is InChI=1S/C17H11FN4O2.ClH/c18-12-5-3-10(4-6-12)8-13-21-17(22-24-13)15-16(23)14-11(9-20-15)2-1-7-19-14;/h1-7,9,23H,8H2;1H. The molecule has 4 aromatic rings. The molecule has 6 nitrogen and oxygen atoms in total. The third-order valence-corrected chi connectivity index (χ3v) is 3.57. The highest BCUT2D eigenvalue weighted by molar-refractivity contribution is 5.88. The molecule has 25 heavy (non-hydrogen) atoms. The predicted molar refractivity (Wildman–Crippen MR) is 90.9 cm³/mol. The van der Waals surface area contributed by atoms with Crippen molar-refractivity contribution in [2.75, 3.05) is 0 Å². The largest absolute Gasteiger partial charge is 0.504 e. The van der Waals surface area contributed by atoms with E-state index in [0.717, 1.165) is 5.56 Å². The zero-order valence-corrected chi connectivity index (χ0v) is 13.6. The molecule has 1 N–H and O–H groups in total. The lowest BCUT2D eigenvalue weighted by atomic mass is 10.1. The van der Waals surface area contributed by atoms with Gasteiger partial charge < -0.3 is 9.63 Å². The van der Waals surface area contributed by atoms with E-state index in [-0.39, 0.29) is 35.5 Å². The third-order valence-electron chi connectivity index (χ3n) is 3.57. The summed E-state index contributed by atoms with van der Waals surface area (Å²) < 4.78 is 18.1. The third kappa shape index (κ3) is 3.27. The minimum absolute atomic E-state index is 0. The Hall–Kier alpha value is -3.06. The zero-order valence-electron chi connectivity index (χ0n) is 12.8. The molecule has 1 aromatic carbocycles. The van der Waals surface area contributed by atoms with Crippen LogP contribution in [0.1, 0.15) is 11.5 Å². The fourth-order valence-corrected chi connectivity index (χ4v) is 2.39. The number of hydrogen-bond acceptors (Lipinski definition) is 6. The van der Waals surface area contributed by atoms with Gasteiger partial charge in [-0.1, -0.05) is 17.3 Å². The first-order valence-corrected chi connectivity index (χ1v) is 7.21. The molecule has 0 unspecified atom stereocenters. The topological polar surface area (TPSA) is 84.9 Å². The maximum absolute atomic E-state index is 12.9. The minimum atomic E-state index is -0.303. The molecule has 0 saturated carbocycles. The number of aromatic nitrogens is 4. The molecule has 0 amide bonds. The summed E-state index contributed by atoms with van der Waals surface area (Å²) in [4.78, 5) is 12.6.